The quantitative estimate of drug-likeness (QED) is 0.326. The van der Waals surface area contributed by atoms with E-state index in [-0.39, 0.29) is 17.9 Å². The van der Waals surface area contributed by atoms with E-state index in [0.29, 0.717) is 16.1 Å². The molecule has 3 rings (SSSR count). The molecule has 0 saturated carbocycles. The molecule has 30 heavy (non-hydrogen) atoms. The van der Waals surface area contributed by atoms with Crippen molar-refractivity contribution in [3.05, 3.63) is 80.2 Å². The van der Waals surface area contributed by atoms with E-state index in [1.54, 1.807) is 6.92 Å². The van der Waals surface area contributed by atoms with Gasteiger partial charge in [0.15, 0.2) is 0 Å². The Kier molecular flexibility index (Phi) is 6.27. The molecule has 1 heterocycles. The van der Waals surface area contributed by atoms with Crippen molar-refractivity contribution in [1.29, 1.82) is 0 Å². The Hall–Kier alpha value is -3.52. The highest BCUT2D eigenvalue weighted by Gasteiger charge is 2.23. The molecule has 0 aliphatic heterocycles. The number of nitro groups is 1. The van der Waals surface area contributed by atoms with E-state index in [1.807, 2.05) is 37.4 Å². The van der Waals surface area contributed by atoms with Crippen molar-refractivity contribution in [3.63, 3.8) is 0 Å². The third-order valence-electron chi connectivity index (χ3n) is 4.66. The molecule has 154 valence electrons. The molecule has 0 saturated heterocycles. The fraction of sp³-hybridized carbons (Fsp3) is 0.182. The first-order chi connectivity index (χ1) is 14.3. The standard InChI is InChI=1S/C22H20N2O5S/c1-4-29-22(26)19-18(16-6-5-13(2)14(3)11-16)12-30-21(19)23-20(25)15-7-9-17(10-8-15)24(27)28/h5-12H,4H2,1-3H3,(H,23,25). The predicted molar refractivity (Wildman–Crippen MR) is 116 cm³/mol. The highest BCUT2D eigenvalue weighted by molar-refractivity contribution is 7.15. The maximum Gasteiger partial charge on any atom is 0.341 e. The second kappa shape index (κ2) is 8.87. The third kappa shape index (κ3) is 4.38. The lowest BCUT2D eigenvalue weighted by molar-refractivity contribution is -0.384. The van der Waals surface area contributed by atoms with E-state index in [1.165, 1.54) is 35.6 Å². The van der Waals surface area contributed by atoms with Crippen molar-refractivity contribution in [2.45, 2.75) is 20.8 Å². The first-order valence-corrected chi connectivity index (χ1v) is 10.1. The number of amides is 1. The number of esters is 1. The van der Waals surface area contributed by atoms with Crippen LogP contribution >= 0.6 is 11.3 Å². The molecule has 0 spiro atoms. The fourth-order valence-electron chi connectivity index (χ4n) is 2.89. The Labute approximate surface area is 177 Å². The SMILES string of the molecule is CCOC(=O)c1c(-c2ccc(C)c(C)c2)csc1NC(=O)c1ccc([N+](=O)[O-])cc1. The number of hydrogen-bond acceptors (Lipinski definition) is 6. The molecular weight excluding hydrogens is 404 g/mol. The summed E-state index contributed by atoms with van der Waals surface area (Å²) in [6.07, 6.45) is 0. The van der Waals surface area contributed by atoms with Crippen LogP contribution in [-0.2, 0) is 4.74 Å². The van der Waals surface area contributed by atoms with Crippen LogP contribution < -0.4 is 5.32 Å². The molecule has 1 N–H and O–H groups in total. The molecule has 1 amide bonds. The molecule has 0 atom stereocenters. The number of benzene rings is 2. The van der Waals surface area contributed by atoms with Crippen LogP contribution in [0.4, 0.5) is 10.7 Å². The van der Waals surface area contributed by atoms with Gasteiger partial charge in [0.05, 0.1) is 11.5 Å². The second-order valence-electron chi connectivity index (χ2n) is 6.63. The number of non-ortho nitro benzene ring substituents is 1. The number of nitro benzene ring substituents is 1. The monoisotopic (exact) mass is 424 g/mol. The first-order valence-electron chi connectivity index (χ1n) is 9.23. The van der Waals surface area contributed by atoms with E-state index >= 15 is 0 Å². The zero-order valence-electron chi connectivity index (χ0n) is 16.7. The van der Waals surface area contributed by atoms with Crippen molar-refractivity contribution < 1.29 is 19.2 Å². The molecule has 0 bridgehead atoms. The molecule has 0 aliphatic rings. The Balaban J connectivity index is 1.96. The minimum absolute atomic E-state index is 0.105. The normalized spacial score (nSPS) is 10.5. The van der Waals surface area contributed by atoms with Gasteiger partial charge in [-0.05, 0) is 49.6 Å². The van der Waals surface area contributed by atoms with Crippen LogP contribution in [0.1, 0.15) is 38.8 Å². The first kappa shape index (κ1) is 21.2. The maximum absolute atomic E-state index is 12.7. The summed E-state index contributed by atoms with van der Waals surface area (Å²) in [5, 5.41) is 15.7. The lowest BCUT2D eigenvalue weighted by Gasteiger charge is -2.10. The average molecular weight is 424 g/mol. The zero-order chi connectivity index (χ0) is 21.8. The molecular formula is C22H20N2O5S. The van der Waals surface area contributed by atoms with E-state index < -0.39 is 16.8 Å². The third-order valence-corrected chi connectivity index (χ3v) is 5.55. The van der Waals surface area contributed by atoms with Gasteiger partial charge in [0.1, 0.15) is 10.6 Å². The zero-order valence-corrected chi connectivity index (χ0v) is 17.5. The van der Waals surface area contributed by atoms with E-state index in [0.717, 1.165) is 16.7 Å². The van der Waals surface area contributed by atoms with E-state index in [2.05, 4.69) is 5.32 Å². The Morgan fingerprint density at radius 3 is 2.40 bits per heavy atom. The summed E-state index contributed by atoms with van der Waals surface area (Å²) in [7, 11) is 0. The minimum Gasteiger partial charge on any atom is -0.462 e. The van der Waals surface area contributed by atoms with Crippen LogP contribution in [0.5, 0.6) is 0 Å². The maximum atomic E-state index is 12.7. The molecule has 0 radical (unpaired) electrons. The van der Waals surface area contributed by atoms with Crippen LogP contribution in [-0.4, -0.2) is 23.4 Å². The molecule has 3 aromatic rings. The van der Waals surface area contributed by atoms with Gasteiger partial charge in [-0.2, -0.15) is 0 Å². The number of rotatable bonds is 6. The van der Waals surface area contributed by atoms with Gasteiger partial charge < -0.3 is 10.1 Å². The number of carbonyl (C=O) groups excluding carboxylic acids is 2. The Bertz CT molecular complexity index is 1120. The van der Waals surface area contributed by atoms with E-state index in [9.17, 15) is 19.7 Å². The Morgan fingerprint density at radius 1 is 1.10 bits per heavy atom. The van der Waals surface area contributed by atoms with E-state index in [4.69, 9.17) is 4.74 Å². The summed E-state index contributed by atoms with van der Waals surface area (Å²) in [5.74, 6) is -0.991. The van der Waals surface area contributed by atoms with Gasteiger partial charge in [0.2, 0.25) is 0 Å². The predicted octanol–water partition coefficient (Wildman–Crippen LogP) is 5.37. The molecule has 1 aromatic heterocycles. The Morgan fingerprint density at radius 2 is 1.80 bits per heavy atom. The summed E-state index contributed by atoms with van der Waals surface area (Å²) in [6.45, 7) is 5.92. The fourth-order valence-corrected chi connectivity index (χ4v) is 3.84. The number of nitrogens with one attached hydrogen (secondary N) is 1. The number of nitrogens with zero attached hydrogens (tertiary/aromatic N) is 1. The topological polar surface area (TPSA) is 98.5 Å². The van der Waals surface area contributed by atoms with Gasteiger partial charge in [-0.3, -0.25) is 14.9 Å². The summed E-state index contributed by atoms with van der Waals surface area (Å²) in [5.41, 5.74) is 4.20. The summed E-state index contributed by atoms with van der Waals surface area (Å²) >= 11 is 1.23. The number of ether oxygens (including phenoxy) is 1. The number of carbonyl (C=O) groups is 2. The van der Waals surface area contributed by atoms with Gasteiger partial charge in [0.25, 0.3) is 11.6 Å². The van der Waals surface area contributed by atoms with Gasteiger partial charge >= 0.3 is 5.97 Å². The van der Waals surface area contributed by atoms with Gasteiger partial charge in [-0.15, -0.1) is 11.3 Å². The molecule has 2 aromatic carbocycles. The van der Waals surface area contributed by atoms with Crippen LogP contribution in [0.25, 0.3) is 11.1 Å². The highest BCUT2D eigenvalue weighted by Crippen LogP contribution is 2.37. The van der Waals surface area contributed by atoms with Crippen molar-refractivity contribution in [3.8, 4) is 11.1 Å². The summed E-state index contributed by atoms with van der Waals surface area (Å²) < 4.78 is 5.21. The highest BCUT2D eigenvalue weighted by atomic mass is 32.1. The van der Waals surface area contributed by atoms with Crippen molar-refractivity contribution in [2.24, 2.45) is 0 Å². The molecule has 0 unspecified atom stereocenters. The van der Waals surface area contributed by atoms with Crippen molar-refractivity contribution in [1.82, 2.24) is 0 Å². The molecule has 0 aliphatic carbocycles. The van der Waals surface area contributed by atoms with Crippen LogP contribution in [0.2, 0.25) is 0 Å². The van der Waals surface area contributed by atoms with Crippen LogP contribution in [0.3, 0.4) is 0 Å². The largest absolute Gasteiger partial charge is 0.462 e. The molecule has 0 fully saturated rings. The average Bonchev–Trinajstić information content (AvgIpc) is 3.13. The summed E-state index contributed by atoms with van der Waals surface area (Å²) in [6, 6.07) is 11.2. The smallest absolute Gasteiger partial charge is 0.341 e. The number of hydrogen-bond donors (Lipinski definition) is 1. The van der Waals surface area contributed by atoms with Gasteiger partial charge in [-0.25, -0.2) is 4.79 Å². The van der Waals surface area contributed by atoms with Gasteiger partial charge in [0, 0.05) is 28.6 Å². The lowest BCUT2D eigenvalue weighted by atomic mass is 9.99. The van der Waals surface area contributed by atoms with Crippen LogP contribution in [0, 0.1) is 24.0 Å². The number of aryl methyl sites for hydroxylation is 2. The van der Waals surface area contributed by atoms with Gasteiger partial charge in [-0.1, -0.05) is 18.2 Å². The molecule has 8 heteroatoms. The number of anilines is 1. The summed E-state index contributed by atoms with van der Waals surface area (Å²) in [4.78, 5) is 35.6. The molecule has 7 nitrogen and oxygen atoms in total. The van der Waals surface area contributed by atoms with Crippen molar-refractivity contribution >= 4 is 33.9 Å². The second-order valence-corrected chi connectivity index (χ2v) is 7.51. The lowest BCUT2D eigenvalue weighted by Crippen LogP contribution is -2.14. The number of thiophene rings is 1. The van der Waals surface area contributed by atoms with Crippen molar-refractivity contribution in [2.75, 3.05) is 11.9 Å². The van der Waals surface area contributed by atoms with Crippen LogP contribution in [0.15, 0.2) is 47.8 Å². The minimum atomic E-state index is -0.532.